The number of nitrogens with one attached hydrogen (secondary N) is 2. The lowest BCUT2D eigenvalue weighted by molar-refractivity contribution is -0.123. The Morgan fingerprint density at radius 3 is 2.11 bits per heavy atom. The Kier molecular flexibility index (Phi) is 13.0. The van der Waals surface area contributed by atoms with E-state index in [2.05, 4.69) is 10.6 Å². The summed E-state index contributed by atoms with van der Waals surface area (Å²) in [6.45, 7) is 4.27. The van der Waals surface area contributed by atoms with Crippen LogP contribution in [0.1, 0.15) is 6.92 Å². The van der Waals surface area contributed by atoms with Gasteiger partial charge in [-0.25, -0.2) is 0 Å². The highest BCUT2D eigenvalue weighted by molar-refractivity contribution is 7.93. The van der Waals surface area contributed by atoms with Gasteiger partial charge in [-0.1, -0.05) is 0 Å². The number of hydrogen-bond acceptors (Lipinski definition) is 6. The maximum absolute atomic E-state index is 11.1. The molecule has 0 unspecified atom stereocenters. The lowest BCUT2D eigenvalue weighted by Crippen LogP contribution is -2.30. The molecule has 0 heterocycles. The predicted molar refractivity (Wildman–Crippen MR) is 72.8 cm³/mol. The average Bonchev–Trinajstić information content (AvgIpc) is 2.38. The second kappa shape index (κ2) is 13.6. The van der Waals surface area contributed by atoms with Gasteiger partial charge < -0.3 is 24.3 Å². The molecular weight excluding hydrogens is 272 g/mol. The number of carbonyl (C=O) groups excluding carboxylic acids is 2. The number of rotatable bonds is 12. The molecule has 0 fully saturated rings. The Morgan fingerprint density at radius 2 is 1.58 bits per heavy atom. The van der Waals surface area contributed by atoms with E-state index in [-0.39, 0.29) is 18.4 Å². The summed E-state index contributed by atoms with van der Waals surface area (Å²) in [5, 5.41) is 5.27. The van der Waals surface area contributed by atoms with Crippen molar-refractivity contribution in [2.24, 2.45) is 0 Å². The van der Waals surface area contributed by atoms with Crippen LogP contribution in [-0.2, 0) is 23.2 Å². The van der Waals surface area contributed by atoms with Crippen LogP contribution in [0.3, 0.4) is 0 Å². The lowest BCUT2D eigenvalue weighted by Gasteiger charge is -2.07. The maximum Gasteiger partial charge on any atom is 0.247 e. The molecule has 0 aliphatic carbocycles. The molecule has 0 aliphatic heterocycles. The van der Waals surface area contributed by atoms with E-state index in [1.807, 2.05) is 0 Å². The second-order valence-electron chi connectivity index (χ2n) is 3.49. The molecule has 0 aromatic heterocycles. The van der Waals surface area contributed by atoms with Gasteiger partial charge in [-0.2, -0.15) is 0 Å². The molecule has 0 bridgehead atoms. The van der Waals surface area contributed by atoms with Crippen LogP contribution in [0.4, 0.5) is 0 Å². The molecule has 0 spiro atoms. The molecular formula is C11H22N2O5S. The first-order valence-electron chi connectivity index (χ1n) is 5.99. The molecule has 19 heavy (non-hydrogen) atoms. The predicted octanol–water partition coefficient (Wildman–Crippen LogP) is -0.433. The van der Waals surface area contributed by atoms with E-state index < -0.39 is 0 Å². The fourth-order valence-corrected chi connectivity index (χ4v) is 1.27. The van der Waals surface area contributed by atoms with E-state index >= 15 is 0 Å². The molecule has 8 heteroatoms. The normalized spacial score (nSPS) is 10.2. The van der Waals surface area contributed by atoms with Crippen LogP contribution in [0, 0.1) is 0 Å². The van der Waals surface area contributed by atoms with Gasteiger partial charge in [0, 0.05) is 26.3 Å². The molecule has 0 rings (SSSR count). The summed E-state index contributed by atoms with van der Waals surface area (Å²) in [7, 11) is 0. The number of carbonyl (C=O) groups is 2. The zero-order valence-electron chi connectivity index (χ0n) is 11.4. The molecule has 2 N–H and O–H groups in total. The third-order valence-electron chi connectivity index (χ3n) is 1.87. The third-order valence-corrected chi connectivity index (χ3v) is 2.22. The largest absolute Gasteiger partial charge is 0.377 e. The van der Waals surface area contributed by atoms with E-state index in [1.54, 1.807) is 6.26 Å². The van der Waals surface area contributed by atoms with Crippen molar-refractivity contribution in [1.82, 2.24) is 10.6 Å². The van der Waals surface area contributed by atoms with Gasteiger partial charge in [0.2, 0.25) is 11.8 Å². The minimum absolute atomic E-state index is 0.0490. The Hall–Kier alpha value is -0.830. The smallest absolute Gasteiger partial charge is 0.247 e. The minimum Gasteiger partial charge on any atom is -0.377 e. The van der Waals surface area contributed by atoms with Gasteiger partial charge in [-0.05, 0) is 12.0 Å². The van der Waals surface area contributed by atoms with Crippen LogP contribution in [0.5, 0.6) is 0 Å². The lowest BCUT2D eigenvalue weighted by atomic mass is 10.6. The Morgan fingerprint density at radius 1 is 1.00 bits per heavy atom. The maximum atomic E-state index is 11.1. The molecule has 0 aromatic carbocycles. The van der Waals surface area contributed by atoms with E-state index in [0.29, 0.717) is 39.5 Å². The van der Waals surface area contributed by atoms with Gasteiger partial charge in [0.25, 0.3) is 0 Å². The SMILES string of the molecule is CSOCC(=O)NCCOCCOCCNC(C)=O. The Labute approximate surface area is 117 Å². The van der Waals surface area contributed by atoms with Crippen molar-refractivity contribution in [3.05, 3.63) is 0 Å². The topological polar surface area (TPSA) is 85.9 Å². The molecule has 0 radical (unpaired) electrons. The van der Waals surface area contributed by atoms with E-state index in [0.717, 1.165) is 12.0 Å². The summed E-state index contributed by atoms with van der Waals surface area (Å²) in [4.78, 5) is 21.6. The zero-order valence-corrected chi connectivity index (χ0v) is 12.2. The third kappa shape index (κ3) is 15.1. The summed E-state index contributed by atoms with van der Waals surface area (Å²) in [5.74, 6) is -0.231. The van der Waals surface area contributed by atoms with E-state index in [9.17, 15) is 9.59 Å². The fraction of sp³-hybridized carbons (Fsp3) is 0.818. The summed E-state index contributed by atoms with van der Waals surface area (Å²) < 4.78 is 15.3. The fourth-order valence-electron chi connectivity index (χ4n) is 1.05. The molecule has 2 amide bonds. The van der Waals surface area contributed by atoms with E-state index in [4.69, 9.17) is 13.7 Å². The van der Waals surface area contributed by atoms with Crippen molar-refractivity contribution in [2.75, 3.05) is 52.4 Å². The van der Waals surface area contributed by atoms with Crippen LogP contribution in [0.2, 0.25) is 0 Å². The molecule has 0 atom stereocenters. The molecule has 7 nitrogen and oxygen atoms in total. The van der Waals surface area contributed by atoms with Crippen LogP contribution in [0.25, 0.3) is 0 Å². The van der Waals surface area contributed by atoms with Crippen molar-refractivity contribution in [3.63, 3.8) is 0 Å². The summed E-state index contributed by atoms with van der Waals surface area (Å²) in [6.07, 6.45) is 1.75. The first-order chi connectivity index (χ1) is 9.16. The standard InChI is InChI=1S/C11H22N2O5S/c1-10(14)12-3-5-16-7-8-17-6-4-13-11(15)9-18-19-2/h3-9H2,1-2H3,(H,12,14)(H,13,15). The van der Waals surface area contributed by atoms with Crippen LogP contribution in [0.15, 0.2) is 0 Å². The van der Waals surface area contributed by atoms with Gasteiger partial charge >= 0.3 is 0 Å². The van der Waals surface area contributed by atoms with Gasteiger partial charge in [0.1, 0.15) is 6.61 Å². The highest BCUT2D eigenvalue weighted by atomic mass is 32.2. The van der Waals surface area contributed by atoms with Crippen LogP contribution < -0.4 is 10.6 Å². The van der Waals surface area contributed by atoms with E-state index in [1.165, 1.54) is 6.92 Å². The Balaban J connectivity index is 3.10. The summed E-state index contributed by atoms with van der Waals surface area (Å²) >= 11 is 1.15. The van der Waals surface area contributed by atoms with Crippen molar-refractivity contribution >= 4 is 23.9 Å². The van der Waals surface area contributed by atoms with Crippen LogP contribution >= 0.6 is 12.0 Å². The number of amides is 2. The highest BCUT2D eigenvalue weighted by Crippen LogP contribution is 1.91. The van der Waals surface area contributed by atoms with Crippen LogP contribution in [-0.4, -0.2) is 64.2 Å². The van der Waals surface area contributed by atoms with Crippen molar-refractivity contribution in [2.45, 2.75) is 6.92 Å². The molecule has 112 valence electrons. The van der Waals surface area contributed by atoms with Gasteiger partial charge in [0.05, 0.1) is 26.4 Å². The zero-order chi connectivity index (χ0) is 14.3. The van der Waals surface area contributed by atoms with Crippen molar-refractivity contribution in [3.8, 4) is 0 Å². The van der Waals surface area contributed by atoms with Gasteiger partial charge in [-0.3, -0.25) is 9.59 Å². The van der Waals surface area contributed by atoms with Crippen molar-refractivity contribution < 1.29 is 23.2 Å². The second-order valence-corrected chi connectivity index (χ2v) is 4.06. The molecule has 0 aliphatic rings. The summed E-state index contributed by atoms with van der Waals surface area (Å²) in [5.41, 5.74) is 0. The average molecular weight is 294 g/mol. The van der Waals surface area contributed by atoms with Gasteiger partial charge in [0.15, 0.2) is 0 Å². The number of ether oxygens (including phenoxy) is 2. The van der Waals surface area contributed by atoms with Gasteiger partial charge in [-0.15, -0.1) is 0 Å². The first kappa shape index (κ1) is 18.2. The first-order valence-corrected chi connectivity index (χ1v) is 7.14. The number of hydrogen-bond donors (Lipinski definition) is 2. The molecule has 0 saturated carbocycles. The quantitative estimate of drug-likeness (QED) is 0.375. The highest BCUT2D eigenvalue weighted by Gasteiger charge is 1.99. The van der Waals surface area contributed by atoms with Crippen molar-refractivity contribution in [1.29, 1.82) is 0 Å². The minimum atomic E-state index is -0.162. The molecule has 0 saturated heterocycles. The monoisotopic (exact) mass is 294 g/mol. The molecule has 0 aromatic rings. The summed E-state index contributed by atoms with van der Waals surface area (Å²) in [6, 6.07) is 0. The Bertz CT molecular complexity index is 253.